The van der Waals surface area contributed by atoms with Crippen molar-refractivity contribution < 1.29 is 0 Å². The molecule has 0 bridgehead atoms. The molecule has 1 aromatic carbocycles. The van der Waals surface area contributed by atoms with Crippen molar-refractivity contribution in [2.24, 2.45) is 0 Å². The van der Waals surface area contributed by atoms with E-state index >= 15 is 0 Å². The van der Waals surface area contributed by atoms with Gasteiger partial charge in [-0.15, -0.1) is 11.3 Å². The van der Waals surface area contributed by atoms with Crippen molar-refractivity contribution in [3.63, 3.8) is 0 Å². The zero-order chi connectivity index (χ0) is 14.2. The van der Waals surface area contributed by atoms with Gasteiger partial charge in [-0.2, -0.15) is 5.10 Å². The highest BCUT2D eigenvalue weighted by molar-refractivity contribution is 7.13. The summed E-state index contributed by atoms with van der Waals surface area (Å²) < 4.78 is 2.15. The van der Waals surface area contributed by atoms with E-state index < -0.39 is 0 Å². The highest BCUT2D eigenvalue weighted by Gasteiger charge is 2.23. The van der Waals surface area contributed by atoms with Gasteiger partial charge in [0.25, 0.3) is 0 Å². The SMILES string of the molecule is Cc1ccsc1-c1cc2n(n1)C(c1ccccc1)CCN2. The van der Waals surface area contributed by atoms with Crippen LogP contribution in [-0.2, 0) is 0 Å². The van der Waals surface area contributed by atoms with Crippen molar-refractivity contribution in [1.82, 2.24) is 9.78 Å². The second-order valence-electron chi connectivity index (χ2n) is 5.43. The molecule has 1 unspecified atom stereocenters. The average molecular weight is 295 g/mol. The number of aromatic nitrogens is 2. The van der Waals surface area contributed by atoms with Gasteiger partial charge in [0.1, 0.15) is 11.5 Å². The van der Waals surface area contributed by atoms with Gasteiger partial charge < -0.3 is 5.32 Å². The Balaban J connectivity index is 1.79. The lowest BCUT2D eigenvalue weighted by molar-refractivity contribution is 0.483. The summed E-state index contributed by atoms with van der Waals surface area (Å²) >= 11 is 1.76. The summed E-state index contributed by atoms with van der Waals surface area (Å²) in [6, 6.07) is 15.3. The second-order valence-corrected chi connectivity index (χ2v) is 6.35. The van der Waals surface area contributed by atoms with Crippen molar-refractivity contribution in [1.29, 1.82) is 0 Å². The fourth-order valence-electron chi connectivity index (χ4n) is 2.95. The average Bonchev–Trinajstić information content (AvgIpc) is 3.13. The first-order valence-corrected chi connectivity index (χ1v) is 8.14. The lowest BCUT2D eigenvalue weighted by atomic mass is 10.0. The number of rotatable bonds is 2. The summed E-state index contributed by atoms with van der Waals surface area (Å²) in [7, 11) is 0. The lowest BCUT2D eigenvalue weighted by Gasteiger charge is -2.25. The number of thiophene rings is 1. The van der Waals surface area contributed by atoms with Gasteiger partial charge in [0.2, 0.25) is 0 Å². The van der Waals surface area contributed by atoms with Gasteiger partial charge in [-0.3, -0.25) is 0 Å². The number of hydrogen-bond donors (Lipinski definition) is 1. The Morgan fingerprint density at radius 1 is 1.24 bits per heavy atom. The van der Waals surface area contributed by atoms with Crippen LogP contribution in [0.25, 0.3) is 10.6 Å². The summed E-state index contributed by atoms with van der Waals surface area (Å²) in [6.07, 6.45) is 1.07. The second kappa shape index (κ2) is 5.04. The number of aryl methyl sites for hydroxylation is 1. The molecule has 1 aliphatic heterocycles. The van der Waals surface area contributed by atoms with Crippen molar-refractivity contribution in [2.45, 2.75) is 19.4 Å². The van der Waals surface area contributed by atoms with E-state index in [2.05, 4.69) is 64.8 Å². The van der Waals surface area contributed by atoms with E-state index in [0.29, 0.717) is 6.04 Å². The van der Waals surface area contributed by atoms with E-state index in [0.717, 1.165) is 24.5 Å². The molecule has 21 heavy (non-hydrogen) atoms. The molecule has 1 aliphatic rings. The lowest BCUT2D eigenvalue weighted by Crippen LogP contribution is -2.24. The molecular weight excluding hydrogens is 278 g/mol. The molecule has 4 heteroatoms. The van der Waals surface area contributed by atoms with Gasteiger partial charge in [0.15, 0.2) is 0 Å². The van der Waals surface area contributed by atoms with Crippen molar-refractivity contribution in [3.05, 3.63) is 59.0 Å². The molecule has 106 valence electrons. The van der Waals surface area contributed by atoms with Crippen LogP contribution in [0.5, 0.6) is 0 Å². The summed E-state index contributed by atoms with van der Waals surface area (Å²) in [5.74, 6) is 1.12. The fraction of sp³-hybridized carbons (Fsp3) is 0.235. The maximum atomic E-state index is 4.88. The first kappa shape index (κ1) is 12.7. The molecular formula is C17H17N3S. The standard InChI is InChI=1S/C17H17N3S/c1-12-8-10-21-17(12)14-11-16-18-9-7-15(20(16)19-14)13-5-3-2-4-6-13/h2-6,8,10-11,15,18H,7,9H2,1H3. The maximum absolute atomic E-state index is 4.88. The van der Waals surface area contributed by atoms with E-state index in [4.69, 9.17) is 5.10 Å². The predicted molar refractivity (Wildman–Crippen MR) is 88.0 cm³/mol. The summed E-state index contributed by atoms with van der Waals surface area (Å²) in [4.78, 5) is 1.27. The smallest absolute Gasteiger partial charge is 0.125 e. The molecule has 0 saturated carbocycles. The number of benzene rings is 1. The summed E-state index contributed by atoms with van der Waals surface area (Å²) in [5, 5.41) is 10.5. The zero-order valence-electron chi connectivity index (χ0n) is 11.9. The van der Waals surface area contributed by atoms with Crippen LogP contribution in [0.1, 0.15) is 23.6 Å². The first-order valence-electron chi connectivity index (χ1n) is 7.26. The fourth-order valence-corrected chi connectivity index (χ4v) is 3.84. The van der Waals surface area contributed by atoms with Gasteiger partial charge in [-0.25, -0.2) is 4.68 Å². The van der Waals surface area contributed by atoms with Crippen LogP contribution in [0, 0.1) is 6.92 Å². The van der Waals surface area contributed by atoms with Gasteiger partial charge in [-0.1, -0.05) is 30.3 Å². The van der Waals surface area contributed by atoms with Crippen LogP contribution in [0.4, 0.5) is 5.82 Å². The minimum atomic E-state index is 0.330. The minimum Gasteiger partial charge on any atom is -0.370 e. The summed E-state index contributed by atoms with van der Waals surface area (Å²) in [5.41, 5.74) is 3.71. The maximum Gasteiger partial charge on any atom is 0.125 e. The number of nitrogens with zero attached hydrogens (tertiary/aromatic N) is 2. The molecule has 4 rings (SSSR count). The van der Waals surface area contributed by atoms with Gasteiger partial charge in [0, 0.05) is 12.6 Å². The molecule has 1 N–H and O–H groups in total. The number of anilines is 1. The summed E-state index contributed by atoms with van der Waals surface area (Å²) in [6.45, 7) is 3.14. The highest BCUT2D eigenvalue weighted by Crippen LogP contribution is 2.35. The molecule has 0 aliphatic carbocycles. The molecule has 0 fully saturated rings. The third-order valence-electron chi connectivity index (χ3n) is 4.03. The van der Waals surface area contributed by atoms with Crippen LogP contribution in [-0.4, -0.2) is 16.3 Å². The van der Waals surface area contributed by atoms with Crippen LogP contribution in [0.3, 0.4) is 0 Å². The van der Waals surface area contributed by atoms with Crippen LogP contribution in [0.15, 0.2) is 47.8 Å². The minimum absolute atomic E-state index is 0.330. The topological polar surface area (TPSA) is 29.9 Å². The van der Waals surface area contributed by atoms with E-state index in [1.54, 1.807) is 11.3 Å². The quantitative estimate of drug-likeness (QED) is 0.763. The zero-order valence-corrected chi connectivity index (χ0v) is 12.7. The molecule has 0 amide bonds. The van der Waals surface area contributed by atoms with E-state index in [9.17, 15) is 0 Å². The third kappa shape index (κ3) is 2.16. The Labute approximate surface area is 128 Å². The Morgan fingerprint density at radius 2 is 2.10 bits per heavy atom. The molecule has 3 aromatic rings. The Hall–Kier alpha value is -2.07. The van der Waals surface area contributed by atoms with Gasteiger partial charge in [-0.05, 0) is 35.9 Å². The van der Waals surface area contributed by atoms with Crippen molar-refractivity contribution in [2.75, 3.05) is 11.9 Å². The molecule has 0 radical (unpaired) electrons. The highest BCUT2D eigenvalue weighted by atomic mass is 32.1. The molecule has 3 heterocycles. The number of fused-ring (bicyclic) bond motifs is 1. The van der Waals surface area contributed by atoms with E-state index in [1.807, 2.05) is 0 Å². The Kier molecular flexibility index (Phi) is 3.04. The normalized spacial score (nSPS) is 17.3. The van der Waals surface area contributed by atoms with Crippen molar-refractivity contribution >= 4 is 17.2 Å². The molecule has 0 saturated heterocycles. The Morgan fingerprint density at radius 3 is 2.86 bits per heavy atom. The van der Waals surface area contributed by atoms with Crippen LogP contribution in [0.2, 0.25) is 0 Å². The molecule has 2 aromatic heterocycles. The Bertz CT molecular complexity index is 757. The third-order valence-corrected chi connectivity index (χ3v) is 5.07. The monoisotopic (exact) mass is 295 g/mol. The van der Waals surface area contributed by atoms with E-state index in [1.165, 1.54) is 16.0 Å². The number of nitrogens with one attached hydrogen (secondary N) is 1. The predicted octanol–water partition coefficient (Wildman–Crippen LogP) is 4.33. The van der Waals surface area contributed by atoms with E-state index in [-0.39, 0.29) is 0 Å². The number of hydrogen-bond acceptors (Lipinski definition) is 3. The van der Waals surface area contributed by atoms with Gasteiger partial charge in [0.05, 0.1) is 10.9 Å². The molecule has 1 atom stereocenters. The molecule has 0 spiro atoms. The first-order chi connectivity index (χ1) is 10.3. The largest absolute Gasteiger partial charge is 0.370 e. The molecule has 3 nitrogen and oxygen atoms in total. The van der Waals surface area contributed by atoms with Crippen molar-refractivity contribution in [3.8, 4) is 10.6 Å². The van der Waals surface area contributed by atoms with Gasteiger partial charge >= 0.3 is 0 Å². The van der Waals surface area contributed by atoms with Crippen LogP contribution >= 0.6 is 11.3 Å². The van der Waals surface area contributed by atoms with Crippen LogP contribution < -0.4 is 5.32 Å².